The van der Waals surface area contributed by atoms with Crippen molar-refractivity contribution in [3.63, 3.8) is 0 Å². The van der Waals surface area contributed by atoms with Crippen molar-refractivity contribution in [3.05, 3.63) is 53.6 Å². The molecule has 8 heteroatoms. The number of anilines is 1. The zero-order valence-electron chi connectivity index (χ0n) is 20.0. The molecule has 0 radical (unpaired) electrons. The Kier molecular flexibility index (Phi) is 7.70. The monoisotopic (exact) mass is 500 g/mol. The summed E-state index contributed by atoms with van der Waals surface area (Å²) >= 11 is 1.51. The highest BCUT2D eigenvalue weighted by molar-refractivity contribution is 7.91. The minimum atomic E-state index is -3.43. The number of para-hydroxylation sites is 1. The van der Waals surface area contributed by atoms with Gasteiger partial charge in [0, 0.05) is 13.0 Å². The summed E-state index contributed by atoms with van der Waals surface area (Å²) in [6.45, 7) is 7.35. The van der Waals surface area contributed by atoms with Gasteiger partial charge in [0.15, 0.2) is 15.0 Å². The zero-order valence-corrected chi connectivity index (χ0v) is 21.6. The van der Waals surface area contributed by atoms with Gasteiger partial charge in [-0.1, -0.05) is 55.0 Å². The highest BCUT2D eigenvalue weighted by Crippen LogP contribution is 2.34. The molecule has 1 atom stereocenters. The number of fused-ring (bicyclic) bond motifs is 1. The van der Waals surface area contributed by atoms with Crippen LogP contribution in [0.15, 0.2) is 47.4 Å². The summed E-state index contributed by atoms with van der Waals surface area (Å²) in [5.41, 5.74) is 3.11. The molecule has 182 valence electrons. The van der Waals surface area contributed by atoms with E-state index in [-0.39, 0.29) is 30.6 Å². The lowest BCUT2D eigenvalue weighted by atomic mass is 10.0. The number of ether oxygens (including phenoxy) is 1. The Balaban J connectivity index is 1.51. The second-order valence-electron chi connectivity index (χ2n) is 9.22. The fourth-order valence-electron chi connectivity index (χ4n) is 4.23. The third kappa shape index (κ3) is 5.67. The van der Waals surface area contributed by atoms with Crippen LogP contribution in [0.5, 0.6) is 0 Å². The molecular formula is C26H32N2O4S2. The number of thiazole rings is 1. The summed E-state index contributed by atoms with van der Waals surface area (Å²) in [6, 6.07) is 13.0. The molecule has 4 rings (SSSR count). The van der Waals surface area contributed by atoms with Gasteiger partial charge in [-0.25, -0.2) is 13.4 Å². The van der Waals surface area contributed by atoms with Gasteiger partial charge in [0.1, 0.15) is 0 Å². The number of amides is 1. The third-order valence-electron chi connectivity index (χ3n) is 6.19. The van der Waals surface area contributed by atoms with Crippen LogP contribution in [0.25, 0.3) is 10.2 Å². The average Bonchev–Trinajstić information content (AvgIpc) is 3.46. The van der Waals surface area contributed by atoms with Crippen LogP contribution < -0.4 is 4.90 Å². The van der Waals surface area contributed by atoms with Crippen molar-refractivity contribution >= 4 is 42.4 Å². The Morgan fingerprint density at radius 2 is 1.97 bits per heavy atom. The molecule has 1 unspecified atom stereocenters. The largest absolute Gasteiger partial charge is 0.376 e. The number of benzene rings is 2. The molecule has 0 aliphatic carbocycles. The molecule has 6 nitrogen and oxygen atoms in total. The first-order chi connectivity index (χ1) is 16.2. The maximum Gasteiger partial charge on any atom is 0.228 e. The Morgan fingerprint density at radius 3 is 2.65 bits per heavy atom. The Bertz CT molecular complexity index is 1240. The molecule has 1 aliphatic heterocycles. The van der Waals surface area contributed by atoms with Crippen molar-refractivity contribution < 1.29 is 17.9 Å². The van der Waals surface area contributed by atoms with E-state index >= 15 is 0 Å². The molecule has 1 aromatic heterocycles. The zero-order chi connectivity index (χ0) is 24.3. The van der Waals surface area contributed by atoms with E-state index in [0.29, 0.717) is 29.1 Å². The molecule has 0 bridgehead atoms. The molecule has 2 aromatic carbocycles. The van der Waals surface area contributed by atoms with Gasteiger partial charge < -0.3 is 4.74 Å². The summed E-state index contributed by atoms with van der Waals surface area (Å²) in [6.07, 6.45) is 2.29. The number of carbonyl (C=O) groups excluding carboxylic acids is 1. The van der Waals surface area contributed by atoms with Gasteiger partial charge in [-0.05, 0) is 55.9 Å². The van der Waals surface area contributed by atoms with Crippen LogP contribution in [0.3, 0.4) is 0 Å². The molecule has 3 aromatic rings. The number of sulfone groups is 1. The number of rotatable bonds is 9. The molecule has 0 spiro atoms. The molecule has 1 fully saturated rings. The van der Waals surface area contributed by atoms with Crippen molar-refractivity contribution in [1.29, 1.82) is 0 Å². The van der Waals surface area contributed by atoms with E-state index in [1.54, 1.807) is 29.2 Å². The highest BCUT2D eigenvalue weighted by atomic mass is 32.2. The molecule has 2 heterocycles. The van der Waals surface area contributed by atoms with Gasteiger partial charge in [-0.2, -0.15) is 0 Å². The topological polar surface area (TPSA) is 76.6 Å². The number of hydrogen-bond acceptors (Lipinski definition) is 6. The minimum Gasteiger partial charge on any atom is -0.376 e. The normalized spacial score (nSPS) is 16.4. The van der Waals surface area contributed by atoms with Crippen LogP contribution in [-0.4, -0.2) is 44.3 Å². The van der Waals surface area contributed by atoms with E-state index in [1.807, 2.05) is 19.1 Å². The van der Waals surface area contributed by atoms with Crippen LogP contribution in [0, 0.1) is 6.92 Å². The predicted molar refractivity (Wildman–Crippen MR) is 138 cm³/mol. The van der Waals surface area contributed by atoms with E-state index in [0.717, 1.165) is 34.2 Å². The lowest BCUT2D eigenvalue weighted by Gasteiger charge is -2.23. The molecular weight excluding hydrogens is 468 g/mol. The second kappa shape index (κ2) is 10.5. The lowest BCUT2D eigenvalue weighted by Crippen LogP contribution is -2.37. The van der Waals surface area contributed by atoms with Crippen molar-refractivity contribution in [2.45, 2.75) is 63.4 Å². The summed E-state index contributed by atoms with van der Waals surface area (Å²) in [4.78, 5) is 20.2. The first-order valence-electron chi connectivity index (χ1n) is 11.9. The third-order valence-corrected chi connectivity index (χ3v) is 9.05. The number of carbonyl (C=O) groups is 1. The number of hydrogen-bond donors (Lipinski definition) is 0. The second-order valence-corrected chi connectivity index (χ2v) is 12.3. The molecule has 0 N–H and O–H groups in total. The number of aromatic nitrogens is 1. The first kappa shape index (κ1) is 24.8. The van der Waals surface area contributed by atoms with Crippen LogP contribution in [0.2, 0.25) is 0 Å². The SMILES string of the molecule is Cc1ccc(S(=O)(=O)CCCC(=O)N(CC2CCCO2)c2nc3c(C(C)C)cccc3s2)cc1. The standard InChI is InChI=1S/C26H32N2O4S2/c1-18(2)22-8-4-9-23-25(22)27-26(33-23)28(17-20-7-5-15-32-20)24(29)10-6-16-34(30,31)21-13-11-19(3)12-14-21/h4,8-9,11-14,18,20H,5-7,10,15-17H2,1-3H3. The Labute approximate surface area is 205 Å². The average molecular weight is 501 g/mol. The number of aryl methyl sites for hydroxylation is 1. The van der Waals surface area contributed by atoms with Gasteiger partial charge in [0.05, 0.1) is 33.5 Å². The van der Waals surface area contributed by atoms with Crippen LogP contribution in [0.1, 0.15) is 56.6 Å². The van der Waals surface area contributed by atoms with Crippen LogP contribution in [-0.2, 0) is 19.4 Å². The molecule has 1 amide bonds. The van der Waals surface area contributed by atoms with Crippen LogP contribution in [0.4, 0.5) is 5.13 Å². The van der Waals surface area contributed by atoms with Crippen molar-refractivity contribution in [1.82, 2.24) is 4.98 Å². The van der Waals surface area contributed by atoms with Crippen molar-refractivity contribution in [2.24, 2.45) is 0 Å². The summed E-state index contributed by atoms with van der Waals surface area (Å²) < 4.78 is 32.3. The lowest BCUT2D eigenvalue weighted by molar-refractivity contribution is -0.119. The summed E-state index contributed by atoms with van der Waals surface area (Å²) in [5, 5.41) is 0.657. The van der Waals surface area contributed by atoms with Crippen molar-refractivity contribution in [2.75, 3.05) is 23.8 Å². The van der Waals surface area contributed by atoms with E-state index in [2.05, 4.69) is 19.9 Å². The smallest absolute Gasteiger partial charge is 0.228 e. The highest BCUT2D eigenvalue weighted by Gasteiger charge is 2.27. The minimum absolute atomic E-state index is 0.0168. The quantitative estimate of drug-likeness (QED) is 0.388. The van der Waals surface area contributed by atoms with E-state index in [9.17, 15) is 13.2 Å². The van der Waals surface area contributed by atoms with Gasteiger partial charge in [0.2, 0.25) is 5.91 Å². The maximum absolute atomic E-state index is 13.3. The van der Waals surface area contributed by atoms with Crippen LogP contribution >= 0.6 is 11.3 Å². The van der Waals surface area contributed by atoms with Crippen molar-refractivity contribution in [3.8, 4) is 0 Å². The van der Waals surface area contributed by atoms with E-state index < -0.39 is 9.84 Å². The number of nitrogens with zero attached hydrogens (tertiary/aromatic N) is 2. The summed E-state index contributed by atoms with van der Waals surface area (Å²) in [7, 11) is -3.43. The Hall–Kier alpha value is -2.29. The fourth-order valence-corrected chi connectivity index (χ4v) is 6.57. The van der Waals surface area contributed by atoms with E-state index in [4.69, 9.17) is 9.72 Å². The van der Waals surface area contributed by atoms with Gasteiger partial charge >= 0.3 is 0 Å². The van der Waals surface area contributed by atoms with Gasteiger partial charge in [0.25, 0.3) is 0 Å². The fraction of sp³-hybridized carbons (Fsp3) is 0.462. The van der Waals surface area contributed by atoms with E-state index in [1.165, 1.54) is 11.3 Å². The Morgan fingerprint density at radius 1 is 1.21 bits per heavy atom. The molecule has 34 heavy (non-hydrogen) atoms. The molecule has 1 aliphatic rings. The molecule has 1 saturated heterocycles. The first-order valence-corrected chi connectivity index (χ1v) is 14.3. The summed E-state index contributed by atoms with van der Waals surface area (Å²) in [5.74, 6) is 0.153. The maximum atomic E-state index is 13.3. The predicted octanol–water partition coefficient (Wildman–Crippen LogP) is 5.49. The van der Waals surface area contributed by atoms with Gasteiger partial charge in [-0.15, -0.1) is 0 Å². The van der Waals surface area contributed by atoms with Gasteiger partial charge in [-0.3, -0.25) is 9.69 Å². The molecule has 0 saturated carbocycles.